The number of thioether (sulfide) groups is 2. The molecule has 5 aromatic rings. The monoisotopic (exact) mass is 560 g/mol. The van der Waals surface area contributed by atoms with Crippen molar-refractivity contribution < 1.29 is 10.2 Å². The van der Waals surface area contributed by atoms with Gasteiger partial charge in [-0.05, 0) is 59.7 Å². The molecule has 0 unspecified atom stereocenters. The van der Waals surface area contributed by atoms with Gasteiger partial charge in [0, 0.05) is 44.9 Å². The van der Waals surface area contributed by atoms with E-state index in [0.29, 0.717) is 11.1 Å². The number of para-hydroxylation sites is 4. The van der Waals surface area contributed by atoms with E-state index in [4.69, 9.17) is 0 Å². The van der Waals surface area contributed by atoms with Crippen LogP contribution in [0.5, 0.6) is 11.5 Å². The lowest BCUT2D eigenvalue weighted by Crippen LogP contribution is -1.91. The van der Waals surface area contributed by atoms with Crippen molar-refractivity contribution in [3.05, 3.63) is 144 Å². The van der Waals surface area contributed by atoms with Gasteiger partial charge in [-0.3, -0.25) is 9.98 Å². The van der Waals surface area contributed by atoms with Gasteiger partial charge >= 0.3 is 0 Å². The van der Waals surface area contributed by atoms with E-state index >= 15 is 0 Å². The Morgan fingerprint density at radius 2 is 0.850 bits per heavy atom. The second kappa shape index (κ2) is 13.7. The summed E-state index contributed by atoms with van der Waals surface area (Å²) in [5.74, 6) is 2.06. The van der Waals surface area contributed by atoms with Crippen LogP contribution < -0.4 is 0 Å². The van der Waals surface area contributed by atoms with E-state index in [1.807, 2.05) is 60.7 Å². The molecule has 0 amide bonds. The average molecular weight is 561 g/mol. The predicted molar refractivity (Wildman–Crippen MR) is 169 cm³/mol. The lowest BCUT2D eigenvalue weighted by molar-refractivity contribution is 0.474. The van der Waals surface area contributed by atoms with Crippen LogP contribution in [0.1, 0.15) is 22.3 Å². The van der Waals surface area contributed by atoms with Crippen molar-refractivity contribution >= 4 is 47.3 Å². The number of nitrogens with zero attached hydrogens (tertiary/aromatic N) is 2. The quantitative estimate of drug-likeness (QED) is 0.132. The van der Waals surface area contributed by atoms with E-state index in [0.717, 1.165) is 32.7 Å². The van der Waals surface area contributed by atoms with E-state index in [1.54, 1.807) is 60.2 Å². The van der Waals surface area contributed by atoms with Crippen LogP contribution in [0.4, 0.5) is 11.4 Å². The van der Waals surface area contributed by atoms with Crippen molar-refractivity contribution in [1.29, 1.82) is 0 Å². The third kappa shape index (κ3) is 7.23. The highest BCUT2D eigenvalue weighted by molar-refractivity contribution is 7.99. The normalized spacial score (nSPS) is 11.4. The molecule has 5 rings (SSSR count). The first-order valence-corrected chi connectivity index (χ1v) is 14.8. The van der Waals surface area contributed by atoms with E-state index < -0.39 is 0 Å². The summed E-state index contributed by atoms with van der Waals surface area (Å²) in [4.78, 5) is 11.5. The minimum absolute atomic E-state index is 0.216. The van der Waals surface area contributed by atoms with E-state index in [9.17, 15) is 10.2 Å². The highest BCUT2D eigenvalue weighted by Gasteiger charge is 2.08. The van der Waals surface area contributed by atoms with Crippen LogP contribution in [0, 0.1) is 0 Å². The number of rotatable bonds is 10. The van der Waals surface area contributed by atoms with Gasteiger partial charge in [-0.15, -0.1) is 23.5 Å². The molecule has 6 heteroatoms. The molecule has 0 bridgehead atoms. The van der Waals surface area contributed by atoms with Crippen LogP contribution in [0.15, 0.2) is 141 Å². The Bertz CT molecular complexity index is 1530. The van der Waals surface area contributed by atoms with Gasteiger partial charge in [-0.1, -0.05) is 72.8 Å². The minimum atomic E-state index is 0.216. The highest BCUT2D eigenvalue weighted by atomic mass is 32.2. The number of aliphatic imine (C=N–C) groups is 2. The van der Waals surface area contributed by atoms with E-state index in [-0.39, 0.29) is 11.5 Å². The molecule has 0 saturated heterocycles. The second-order valence-electron chi connectivity index (χ2n) is 8.92. The second-order valence-corrected chi connectivity index (χ2v) is 10.9. The summed E-state index contributed by atoms with van der Waals surface area (Å²) in [6, 6.07) is 39.1. The number of hydrogen-bond acceptors (Lipinski definition) is 6. The minimum Gasteiger partial charge on any atom is -0.507 e. The molecule has 0 fully saturated rings. The molecule has 0 aliphatic carbocycles. The SMILES string of the molecule is Oc1ccccc1C=Nc1ccccc1SCc1ccccc1CSc1ccccc1N=Cc1ccccc1O. The summed E-state index contributed by atoms with van der Waals surface area (Å²) < 4.78 is 0. The van der Waals surface area contributed by atoms with Crippen molar-refractivity contribution in [3.63, 3.8) is 0 Å². The molecule has 4 nitrogen and oxygen atoms in total. The zero-order chi connectivity index (χ0) is 27.6. The first-order chi connectivity index (χ1) is 19.7. The van der Waals surface area contributed by atoms with Gasteiger partial charge in [0.25, 0.3) is 0 Å². The summed E-state index contributed by atoms with van der Waals surface area (Å²) in [6.45, 7) is 0. The van der Waals surface area contributed by atoms with Crippen LogP contribution in [-0.2, 0) is 11.5 Å². The summed E-state index contributed by atoms with van der Waals surface area (Å²) in [6.07, 6.45) is 3.41. The number of benzene rings is 5. The Morgan fingerprint density at radius 3 is 1.30 bits per heavy atom. The summed E-state index contributed by atoms with van der Waals surface area (Å²) in [7, 11) is 0. The zero-order valence-electron chi connectivity index (χ0n) is 21.7. The van der Waals surface area contributed by atoms with Crippen molar-refractivity contribution in [3.8, 4) is 11.5 Å². The first-order valence-electron chi connectivity index (χ1n) is 12.8. The fourth-order valence-electron chi connectivity index (χ4n) is 3.99. The van der Waals surface area contributed by atoms with Crippen LogP contribution in [0.2, 0.25) is 0 Å². The van der Waals surface area contributed by atoms with Gasteiger partial charge in [0.15, 0.2) is 0 Å². The number of aromatic hydroxyl groups is 2. The van der Waals surface area contributed by atoms with Gasteiger partial charge in [-0.25, -0.2) is 0 Å². The molecule has 0 spiro atoms. The molecule has 0 radical (unpaired) electrons. The fourth-order valence-corrected chi connectivity index (χ4v) is 6.07. The van der Waals surface area contributed by atoms with Gasteiger partial charge in [-0.2, -0.15) is 0 Å². The number of hydrogen-bond donors (Lipinski definition) is 2. The largest absolute Gasteiger partial charge is 0.507 e. The lowest BCUT2D eigenvalue weighted by atomic mass is 10.1. The lowest BCUT2D eigenvalue weighted by Gasteiger charge is -2.11. The number of phenols is 2. The van der Waals surface area contributed by atoms with Crippen LogP contribution in [-0.4, -0.2) is 22.6 Å². The Hall–Kier alpha value is -4.26. The van der Waals surface area contributed by atoms with E-state index in [1.165, 1.54) is 11.1 Å². The average Bonchev–Trinajstić information content (AvgIpc) is 2.99. The first kappa shape index (κ1) is 27.3. The van der Waals surface area contributed by atoms with Crippen LogP contribution >= 0.6 is 23.5 Å². The molecule has 0 atom stereocenters. The molecule has 5 aromatic carbocycles. The van der Waals surface area contributed by atoms with Gasteiger partial charge in [0.2, 0.25) is 0 Å². The Balaban J connectivity index is 1.28. The molecule has 0 heterocycles. The molecule has 40 heavy (non-hydrogen) atoms. The van der Waals surface area contributed by atoms with Gasteiger partial charge in [0.1, 0.15) is 11.5 Å². The maximum atomic E-state index is 10.1. The van der Waals surface area contributed by atoms with Crippen LogP contribution in [0.25, 0.3) is 0 Å². The Morgan fingerprint density at radius 1 is 0.475 bits per heavy atom. The maximum Gasteiger partial charge on any atom is 0.124 e. The molecule has 0 saturated carbocycles. The fraction of sp³-hybridized carbons (Fsp3) is 0.0588. The summed E-state index contributed by atoms with van der Waals surface area (Å²) >= 11 is 3.51. The molecular weight excluding hydrogens is 533 g/mol. The third-order valence-corrected chi connectivity index (χ3v) is 8.40. The van der Waals surface area contributed by atoms with Crippen molar-refractivity contribution in [2.45, 2.75) is 21.3 Å². The summed E-state index contributed by atoms with van der Waals surface area (Å²) in [5, 5.41) is 20.1. The highest BCUT2D eigenvalue weighted by Crippen LogP contribution is 2.36. The zero-order valence-corrected chi connectivity index (χ0v) is 23.4. The molecule has 2 N–H and O–H groups in total. The topological polar surface area (TPSA) is 65.2 Å². The van der Waals surface area contributed by atoms with E-state index in [2.05, 4.69) is 46.4 Å². The smallest absolute Gasteiger partial charge is 0.124 e. The molecular formula is C34H28N2O2S2. The summed E-state index contributed by atoms with van der Waals surface area (Å²) in [5.41, 5.74) is 5.67. The Labute approximate surface area is 243 Å². The van der Waals surface area contributed by atoms with Crippen molar-refractivity contribution in [2.75, 3.05) is 0 Å². The van der Waals surface area contributed by atoms with Gasteiger partial charge in [0.05, 0.1) is 11.4 Å². The maximum absolute atomic E-state index is 10.1. The standard InChI is InChI=1S/C34H28N2O2S2/c37-31-17-7-3-11-25(31)21-35-29-15-5-9-19-33(29)39-23-27-13-1-2-14-28(27)24-40-34-20-10-6-16-30(34)36-22-26-12-4-8-18-32(26)38/h1-22,37-38H,23-24H2. The molecule has 0 aromatic heterocycles. The molecule has 0 aliphatic rings. The number of phenolic OH excluding ortho intramolecular Hbond substituents is 2. The Kier molecular flexibility index (Phi) is 9.35. The molecule has 0 aliphatic heterocycles. The predicted octanol–water partition coefficient (Wildman–Crippen LogP) is 9.18. The third-order valence-electron chi connectivity index (χ3n) is 6.17. The van der Waals surface area contributed by atoms with Crippen molar-refractivity contribution in [2.24, 2.45) is 9.98 Å². The van der Waals surface area contributed by atoms with Crippen LogP contribution in [0.3, 0.4) is 0 Å². The molecule has 198 valence electrons. The van der Waals surface area contributed by atoms with Gasteiger partial charge < -0.3 is 10.2 Å². The van der Waals surface area contributed by atoms with Crippen molar-refractivity contribution in [1.82, 2.24) is 0 Å².